The molecular weight excluding hydrogens is 210 g/mol. The molecule has 0 aliphatic carbocycles. The molecule has 0 saturated carbocycles. The van der Waals surface area contributed by atoms with E-state index in [0.717, 1.165) is 0 Å². The lowest BCUT2D eigenvalue weighted by Gasteiger charge is -2.14. The second-order valence-corrected chi connectivity index (χ2v) is 3.57. The van der Waals surface area contributed by atoms with Crippen LogP contribution in [-0.2, 0) is 14.3 Å². The Kier molecular flexibility index (Phi) is 7.20. The van der Waals surface area contributed by atoms with Gasteiger partial charge in [-0.05, 0) is 13.3 Å². The second-order valence-electron chi connectivity index (χ2n) is 3.57. The minimum Gasteiger partial charge on any atom is -0.481 e. The number of carbonyl (C=O) groups excluding carboxylic acids is 1. The zero-order chi connectivity index (χ0) is 12.6. The SMILES string of the molecule is C=CCCOC(C)C(=O)NCC(C)C(=O)O. The summed E-state index contributed by atoms with van der Waals surface area (Å²) in [7, 11) is 0. The largest absolute Gasteiger partial charge is 0.481 e. The summed E-state index contributed by atoms with van der Waals surface area (Å²) in [5.74, 6) is -1.82. The van der Waals surface area contributed by atoms with E-state index >= 15 is 0 Å². The molecule has 0 aromatic carbocycles. The maximum atomic E-state index is 11.4. The first kappa shape index (κ1) is 14.6. The fourth-order valence-electron chi connectivity index (χ4n) is 0.889. The van der Waals surface area contributed by atoms with Crippen LogP contribution in [-0.4, -0.2) is 36.2 Å². The second kappa shape index (κ2) is 7.87. The third-order valence-electron chi connectivity index (χ3n) is 2.06. The van der Waals surface area contributed by atoms with Gasteiger partial charge in [0.15, 0.2) is 0 Å². The summed E-state index contributed by atoms with van der Waals surface area (Å²) >= 11 is 0. The predicted molar refractivity (Wildman–Crippen MR) is 60.0 cm³/mol. The van der Waals surface area contributed by atoms with Crippen LogP contribution in [0.4, 0.5) is 0 Å². The average molecular weight is 229 g/mol. The van der Waals surface area contributed by atoms with Gasteiger partial charge >= 0.3 is 5.97 Å². The van der Waals surface area contributed by atoms with E-state index in [4.69, 9.17) is 9.84 Å². The summed E-state index contributed by atoms with van der Waals surface area (Å²) < 4.78 is 5.21. The molecule has 0 aliphatic rings. The van der Waals surface area contributed by atoms with E-state index in [1.807, 2.05) is 0 Å². The van der Waals surface area contributed by atoms with E-state index in [1.54, 1.807) is 13.0 Å². The van der Waals surface area contributed by atoms with Gasteiger partial charge in [0.05, 0.1) is 12.5 Å². The van der Waals surface area contributed by atoms with Crippen LogP contribution < -0.4 is 5.32 Å². The van der Waals surface area contributed by atoms with Crippen molar-refractivity contribution in [1.29, 1.82) is 0 Å². The highest BCUT2D eigenvalue weighted by atomic mass is 16.5. The number of nitrogens with one attached hydrogen (secondary N) is 1. The molecular formula is C11H19NO4. The lowest BCUT2D eigenvalue weighted by molar-refractivity contribution is -0.141. The molecule has 5 heteroatoms. The molecule has 0 heterocycles. The first-order valence-corrected chi connectivity index (χ1v) is 5.22. The maximum absolute atomic E-state index is 11.4. The van der Waals surface area contributed by atoms with Gasteiger partial charge in [-0.25, -0.2) is 0 Å². The number of carboxylic acid groups (broad SMARTS) is 1. The van der Waals surface area contributed by atoms with Gasteiger partial charge in [-0.1, -0.05) is 13.0 Å². The van der Waals surface area contributed by atoms with Crippen molar-refractivity contribution in [3.8, 4) is 0 Å². The van der Waals surface area contributed by atoms with Crippen molar-refractivity contribution in [2.75, 3.05) is 13.2 Å². The smallest absolute Gasteiger partial charge is 0.308 e. The Morgan fingerprint density at radius 1 is 1.50 bits per heavy atom. The van der Waals surface area contributed by atoms with E-state index in [2.05, 4.69) is 11.9 Å². The quantitative estimate of drug-likeness (QED) is 0.477. The minimum absolute atomic E-state index is 0.114. The van der Waals surface area contributed by atoms with Gasteiger partial charge < -0.3 is 15.2 Å². The van der Waals surface area contributed by atoms with E-state index in [0.29, 0.717) is 13.0 Å². The van der Waals surface area contributed by atoms with Gasteiger partial charge in [0, 0.05) is 6.54 Å². The number of carboxylic acids is 1. The number of ether oxygens (including phenoxy) is 1. The highest BCUT2D eigenvalue weighted by Crippen LogP contribution is 1.96. The Morgan fingerprint density at radius 2 is 2.12 bits per heavy atom. The molecule has 0 aromatic heterocycles. The molecule has 0 spiro atoms. The highest BCUT2D eigenvalue weighted by molar-refractivity contribution is 5.81. The average Bonchev–Trinajstić information content (AvgIpc) is 2.25. The zero-order valence-electron chi connectivity index (χ0n) is 9.73. The Balaban J connectivity index is 3.78. The summed E-state index contributed by atoms with van der Waals surface area (Å²) in [6.45, 7) is 7.25. The van der Waals surface area contributed by atoms with Crippen LogP contribution >= 0.6 is 0 Å². The highest BCUT2D eigenvalue weighted by Gasteiger charge is 2.16. The molecule has 0 aliphatic heterocycles. The molecule has 5 nitrogen and oxygen atoms in total. The van der Waals surface area contributed by atoms with Gasteiger partial charge in [-0.3, -0.25) is 9.59 Å². The molecule has 0 fully saturated rings. The number of aliphatic carboxylic acids is 1. The number of carbonyl (C=O) groups is 2. The van der Waals surface area contributed by atoms with Gasteiger partial charge in [0.1, 0.15) is 6.10 Å². The lowest BCUT2D eigenvalue weighted by Crippen LogP contribution is -2.38. The number of hydrogen-bond acceptors (Lipinski definition) is 3. The van der Waals surface area contributed by atoms with Gasteiger partial charge in [-0.2, -0.15) is 0 Å². The first-order chi connectivity index (χ1) is 7.49. The topological polar surface area (TPSA) is 75.6 Å². The summed E-state index contributed by atoms with van der Waals surface area (Å²) in [5, 5.41) is 11.1. The molecule has 16 heavy (non-hydrogen) atoms. The lowest BCUT2D eigenvalue weighted by atomic mass is 10.2. The van der Waals surface area contributed by atoms with E-state index in [-0.39, 0.29) is 12.5 Å². The van der Waals surface area contributed by atoms with Gasteiger partial charge in [-0.15, -0.1) is 6.58 Å². The van der Waals surface area contributed by atoms with Crippen molar-refractivity contribution < 1.29 is 19.4 Å². The third kappa shape index (κ3) is 6.19. The fourth-order valence-corrected chi connectivity index (χ4v) is 0.889. The van der Waals surface area contributed by atoms with Crippen LogP contribution in [0.1, 0.15) is 20.3 Å². The van der Waals surface area contributed by atoms with Crippen LogP contribution in [0.2, 0.25) is 0 Å². The molecule has 1 amide bonds. The summed E-state index contributed by atoms with van der Waals surface area (Å²) in [5.41, 5.74) is 0. The van der Waals surface area contributed by atoms with Crippen LogP contribution in [0.15, 0.2) is 12.7 Å². The van der Waals surface area contributed by atoms with Crippen molar-refractivity contribution >= 4 is 11.9 Å². The van der Waals surface area contributed by atoms with Crippen LogP contribution in [0.3, 0.4) is 0 Å². The molecule has 92 valence electrons. The van der Waals surface area contributed by atoms with Gasteiger partial charge in [0.2, 0.25) is 5.91 Å². The number of amides is 1. The first-order valence-electron chi connectivity index (χ1n) is 5.22. The summed E-state index contributed by atoms with van der Waals surface area (Å²) in [6.07, 6.45) is 1.82. The standard InChI is InChI=1S/C11H19NO4/c1-4-5-6-16-9(3)10(13)12-7-8(2)11(14)15/h4,8-9H,1,5-7H2,2-3H3,(H,12,13)(H,14,15). The molecule has 0 rings (SSSR count). The fraction of sp³-hybridized carbons (Fsp3) is 0.636. The van der Waals surface area contributed by atoms with Crippen LogP contribution in [0.25, 0.3) is 0 Å². The van der Waals surface area contributed by atoms with Crippen LogP contribution in [0.5, 0.6) is 0 Å². The number of hydrogen-bond donors (Lipinski definition) is 2. The van der Waals surface area contributed by atoms with Gasteiger partial charge in [0.25, 0.3) is 0 Å². The minimum atomic E-state index is -0.930. The Hall–Kier alpha value is -1.36. The third-order valence-corrected chi connectivity index (χ3v) is 2.06. The van der Waals surface area contributed by atoms with E-state index in [1.165, 1.54) is 6.92 Å². The Bertz CT molecular complexity index is 252. The normalized spacial score (nSPS) is 13.9. The molecule has 2 N–H and O–H groups in total. The molecule has 0 bridgehead atoms. The molecule has 0 saturated heterocycles. The molecule has 0 aromatic rings. The van der Waals surface area contributed by atoms with Crippen molar-refractivity contribution in [3.05, 3.63) is 12.7 Å². The number of rotatable bonds is 8. The molecule has 0 radical (unpaired) electrons. The molecule has 2 atom stereocenters. The zero-order valence-corrected chi connectivity index (χ0v) is 9.73. The van der Waals surface area contributed by atoms with Crippen molar-refractivity contribution in [2.45, 2.75) is 26.4 Å². The maximum Gasteiger partial charge on any atom is 0.308 e. The van der Waals surface area contributed by atoms with E-state index < -0.39 is 18.0 Å². The van der Waals surface area contributed by atoms with Crippen molar-refractivity contribution in [2.24, 2.45) is 5.92 Å². The predicted octanol–water partition coefficient (Wildman–Crippen LogP) is 0.804. The monoisotopic (exact) mass is 229 g/mol. The van der Waals surface area contributed by atoms with Crippen molar-refractivity contribution in [1.82, 2.24) is 5.32 Å². The Labute approximate surface area is 95.5 Å². The van der Waals surface area contributed by atoms with Crippen LogP contribution in [0, 0.1) is 5.92 Å². The Morgan fingerprint density at radius 3 is 2.62 bits per heavy atom. The van der Waals surface area contributed by atoms with Crippen molar-refractivity contribution in [3.63, 3.8) is 0 Å². The summed E-state index contributed by atoms with van der Waals surface area (Å²) in [6, 6.07) is 0. The molecule has 2 unspecified atom stereocenters. The summed E-state index contributed by atoms with van der Waals surface area (Å²) in [4.78, 5) is 21.9. The van der Waals surface area contributed by atoms with E-state index in [9.17, 15) is 9.59 Å².